The highest BCUT2D eigenvalue weighted by molar-refractivity contribution is 5.10. The van der Waals surface area contributed by atoms with E-state index in [-0.39, 0.29) is 5.88 Å². The zero-order valence-corrected chi connectivity index (χ0v) is 7.79. The van der Waals surface area contributed by atoms with Crippen molar-refractivity contribution in [1.82, 2.24) is 9.97 Å². The molecule has 0 fully saturated rings. The van der Waals surface area contributed by atoms with Crippen LogP contribution in [0.4, 0.5) is 0 Å². The van der Waals surface area contributed by atoms with Crippen molar-refractivity contribution in [2.24, 2.45) is 0 Å². The van der Waals surface area contributed by atoms with Crippen molar-refractivity contribution < 1.29 is 9.84 Å². The van der Waals surface area contributed by atoms with Gasteiger partial charge in [-0.05, 0) is 13.8 Å². The standard InChI is InChI=1S/C8H12N2O3/c1-8(2,13-3)7-9-5(11)4-6(12)10-7/h4H,1-3H3,(H2,9,10,11,12). The van der Waals surface area contributed by atoms with Crippen LogP contribution >= 0.6 is 0 Å². The van der Waals surface area contributed by atoms with Gasteiger partial charge >= 0.3 is 0 Å². The zero-order chi connectivity index (χ0) is 10.1. The molecule has 1 aromatic rings. The van der Waals surface area contributed by atoms with E-state index in [9.17, 15) is 4.79 Å². The van der Waals surface area contributed by atoms with Gasteiger partial charge in [-0.25, -0.2) is 0 Å². The molecule has 0 saturated carbocycles. The number of aromatic nitrogens is 2. The fourth-order valence-electron chi connectivity index (χ4n) is 0.827. The molecule has 1 aromatic heterocycles. The summed E-state index contributed by atoms with van der Waals surface area (Å²) in [5.74, 6) is 0.00359. The maximum Gasteiger partial charge on any atom is 0.254 e. The fourth-order valence-corrected chi connectivity index (χ4v) is 0.827. The number of aromatic amines is 1. The molecule has 1 rings (SSSR count). The molecular formula is C8H12N2O3. The van der Waals surface area contributed by atoms with Crippen molar-refractivity contribution in [3.05, 3.63) is 22.2 Å². The third-order valence-electron chi connectivity index (χ3n) is 1.81. The number of hydrogen-bond acceptors (Lipinski definition) is 4. The molecule has 0 bridgehead atoms. The Kier molecular flexibility index (Phi) is 2.38. The van der Waals surface area contributed by atoms with Crippen molar-refractivity contribution in [3.63, 3.8) is 0 Å². The molecule has 1 heterocycles. The molecule has 5 heteroatoms. The molecule has 0 atom stereocenters. The van der Waals surface area contributed by atoms with Crippen LogP contribution in [0.15, 0.2) is 10.9 Å². The molecule has 0 aliphatic carbocycles. The number of methoxy groups -OCH3 is 1. The van der Waals surface area contributed by atoms with E-state index in [1.807, 2.05) is 0 Å². The Morgan fingerprint density at radius 2 is 2.23 bits per heavy atom. The van der Waals surface area contributed by atoms with Gasteiger partial charge in [-0.2, -0.15) is 4.98 Å². The van der Waals surface area contributed by atoms with Crippen molar-refractivity contribution >= 4 is 0 Å². The topological polar surface area (TPSA) is 75.2 Å². The number of rotatable bonds is 2. The molecule has 0 aliphatic rings. The van der Waals surface area contributed by atoms with Crippen LogP contribution in [0.3, 0.4) is 0 Å². The minimum absolute atomic E-state index is 0.302. The quantitative estimate of drug-likeness (QED) is 0.695. The summed E-state index contributed by atoms with van der Waals surface area (Å²) in [6.07, 6.45) is 0. The van der Waals surface area contributed by atoms with Crippen LogP contribution in [0.25, 0.3) is 0 Å². The van der Waals surface area contributed by atoms with Crippen LogP contribution in [0.5, 0.6) is 5.88 Å². The van der Waals surface area contributed by atoms with E-state index >= 15 is 0 Å². The van der Waals surface area contributed by atoms with Crippen molar-refractivity contribution in [2.75, 3.05) is 7.11 Å². The number of hydrogen-bond donors (Lipinski definition) is 2. The molecule has 5 nitrogen and oxygen atoms in total. The Labute approximate surface area is 75.4 Å². The molecule has 0 saturated heterocycles. The third kappa shape index (κ3) is 2.06. The Morgan fingerprint density at radius 1 is 1.62 bits per heavy atom. The number of aromatic hydroxyl groups is 1. The van der Waals surface area contributed by atoms with Crippen molar-refractivity contribution in [3.8, 4) is 5.88 Å². The first-order valence-electron chi connectivity index (χ1n) is 3.81. The van der Waals surface area contributed by atoms with Gasteiger partial charge in [-0.3, -0.25) is 4.79 Å². The summed E-state index contributed by atoms with van der Waals surface area (Å²) in [5, 5.41) is 9.07. The second kappa shape index (κ2) is 3.18. The predicted octanol–water partition coefficient (Wildman–Crippen LogP) is 0.357. The Hall–Kier alpha value is -1.36. The van der Waals surface area contributed by atoms with Crippen molar-refractivity contribution in [1.29, 1.82) is 0 Å². The number of nitrogens with zero attached hydrogens (tertiary/aromatic N) is 1. The van der Waals surface area contributed by atoms with E-state index in [2.05, 4.69) is 9.97 Å². The van der Waals surface area contributed by atoms with E-state index in [1.54, 1.807) is 13.8 Å². The van der Waals surface area contributed by atoms with E-state index < -0.39 is 11.2 Å². The molecule has 0 radical (unpaired) electrons. The first-order valence-corrected chi connectivity index (χ1v) is 3.81. The number of nitrogens with one attached hydrogen (secondary N) is 1. The van der Waals surface area contributed by atoms with E-state index in [0.29, 0.717) is 5.82 Å². The average molecular weight is 184 g/mol. The minimum atomic E-state index is -0.710. The SMILES string of the molecule is COC(C)(C)c1nc(O)cc(=O)[nH]1. The van der Waals surface area contributed by atoms with Crippen LogP contribution in [0, 0.1) is 0 Å². The second-order valence-electron chi connectivity index (χ2n) is 3.17. The van der Waals surface area contributed by atoms with Gasteiger partial charge in [0.05, 0.1) is 6.07 Å². The molecule has 0 aromatic carbocycles. The van der Waals surface area contributed by atoms with Gasteiger partial charge in [0.15, 0.2) is 0 Å². The van der Waals surface area contributed by atoms with Crippen LogP contribution in [0.1, 0.15) is 19.7 Å². The van der Waals surface area contributed by atoms with Gasteiger partial charge in [-0.15, -0.1) is 0 Å². The van der Waals surface area contributed by atoms with Gasteiger partial charge in [0.1, 0.15) is 11.4 Å². The Bertz CT molecular complexity index is 357. The smallest absolute Gasteiger partial charge is 0.254 e. The summed E-state index contributed by atoms with van der Waals surface area (Å²) in [7, 11) is 1.50. The molecule has 0 unspecified atom stereocenters. The molecule has 13 heavy (non-hydrogen) atoms. The lowest BCUT2D eigenvalue weighted by Gasteiger charge is -2.21. The monoisotopic (exact) mass is 184 g/mol. The lowest BCUT2D eigenvalue weighted by atomic mass is 10.1. The van der Waals surface area contributed by atoms with Gasteiger partial charge in [-0.1, -0.05) is 0 Å². The van der Waals surface area contributed by atoms with Crippen LogP contribution in [-0.2, 0) is 10.3 Å². The molecule has 72 valence electrons. The Balaban J connectivity index is 3.23. The summed E-state index contributed by atoms with van der Waals surface area (Å²) in [5.41, 5.74) is -1.11. The second-order valence-corrected chi connectivity index (χ2v) is 3.17. The molecule has 0 amide bonds. The molecule has 0 spiro atoms. The molecule has 2 N–H and O–H groups in total. The van der Waals surface area contributed by atoms with Crippen molar-refractivity contribution in [2.45, 2.75) is 19.4 Å². The number of H-pyrrole nitrogens is 1. The summed E-state index contributed by atoms with van der Waals surface area (Å²) in [6.45, 7) is 3.48. The lowest BCUT2D eigenvalue weighted by Crippen LogP contribution is -2.26. The first kappa shape index (κ1) is 9.73. The third-order valence-corrected chi connectivity index (χ3v) is 1.81. The zero-order valence-electron chi connectivity index (χ0n) is 7.79. The predicted molar refractivity (Wildman–Crippen MR) is 46.6 cm³/mol. The normalized spacial score (nSPS) is 11.6. The van der Waals surface area contributed by atoms with E-state index in [4.69, 9.17) is 9.84 Å². The maximum atomic E-state index is 11.0. The van der Waals surface area contributed by atoms with Gasteiger partial charge < -0.3 is 14.8 Å². The highest BCUT2D eigenvalue weighted by atomic mass is 16.5. The highest BCUT2D eigenvalue weighted by Gasteiger charge is 2.22. The lowest BCUT2D eigenvalue weighted by molar-refractivity contribution is 0.0108. The van der Waals surface area contributed by atoms with Crippen LogP contribution in [0.2, 0.25) is 0 Å². The maximum absolute atomic E-state index is 11.0. The van der Waals surface area contributed by atoms with Gasteiger partial charge in [0.25, 0.3) is 5.56 Å². The van der Waals surface area contributed by atoms with Crippen LogP contribution < -0.4 is 5.56 Å². The van der Waals surface area contributed by atoms with E-state index in [1.165, 1.54) is 7.11 Å². The fraction of sp³-hybridized carbons (Fsp3) is 0.500. The number of ether oxygens (including phenoxy) is 1. The first-order chi connectivity index (χ1) is 5.95. The van der Waals surface area contributed by atoms with Crippen LogP contribution in [-0.4, -0.2) is 22.2 Å². The summed E-state index contributed by atoms with van der Waals surface area (Å²) in [4.78, 5) is 17.2. The summed E-state index contributed by atoms with van der Waals surface area (Å²) >= 11 is 0. The van der Waals surface area contributed by atoms with E-state index in [0.717, 1.165) is 6.07 Å². The largest absolute Gasteiger partial charge is 0.493 e. The highest BCUT2D eigenvalue weighted by Crippen LogP contribution is 2.19. The average Bonchev–Trinajstić information content (AvgIpc) is 2.02. The molecule has 0 aliphatic heterocycles. The summed E-state index contributed by atoms with van der Waals surface area (Å²) < 4.78 is 5.09. The molecular weight excluding hydrogens is 172 g/mol. The minimum Gasteiger partial charge on any atom is -0.493 e. The van der Waals surface area contributed by atoms with Gasteiger partial charge in [0.2, 0.25) is 5.88 Å². The van der Waals surface area contributed by atoms with Gasteiger partial charge in [0, 0.05) is 7.11 Å². The summed E-state index contributed by atoms with van der Waals surface area (Å²) in [6, 6.07) is 1.01. The Morgan fingerprint density at radius 3 is 2.69 bits per heavy atom.